The van der Waals surface area contributed by atoms with Crippen LogP contribution in [0.5, 0.6) is 5.75 Å². The first-order chi connectivity index (χ1) is 11.6. The maximum absolute atomic E-state index is 6.66. The summed E-state index contributed by atoms with van der Waals surface area (Å²) in [6.07, 6.45) is 14.5. The van der Waals surface area contributed by atoms with E-state index in [-0.39, 0.29) is 5.60 Å². The van der Waals surface area contributed by atoms with Crippen LogP contribution in [0.4, 0.5) is 11.4 Å². The van der Waals surface area contributed by atoms with Gasteiger partial charge in [0.05, 0.1) is 5.69 Å². The van der Waals surface area contributed by atoms with Crippen molar-refractivity contribution in [2.75, 3.05) is 11.5 Å². The van der Waals surface area contributed by atoms with E-state index < -0.39 is 0 Å². The van der Waals surface area contributed by atoms with Crippen LogP contribution < -0.4 is 16.2 Å². The molecule has 0 heterocycles. The first kappa shape index (κ1) is 17.2. The lowest BCUT2D eigenvalue weighted by Gasteiger charge is -2.46. The number of anilines is 2. The maximum Gasteiger partial charge on any atom is 0.145 e. The minimum absolute atomic E-state index is 0.0423. The zero-order valence-electron chi connectivity index (χ0n) is 14.8. The molecule has 2 saturated carbocycles. The number of nitrogen functional groups attached to an aromatic ring is 2. The molecule has 0 spiro atoms. The van der Waals surface area contributed by atoms with Crippen LogP contribution in [0.3, 0.4) is 0 Å². The number of ether oxygens (including phenoxy) is 1. The summed E-state index contributed by atoms with van der Waals surface area (Å²) in [7, 11) is 0. The van der Waals surface area contributed by atoms with Gasteiger partial charge in [-0.3, -0.25) is 0 Å². The third-order valence-electron chi connectivity index (χ3n) is 6.14. The Morgan fingerprint density at radius 1 is 1.08 bits per heavy atom. The van der Waals surface area contributed by atoms with Crippen molar-refractivity contribution in [1.82, 2.24) is 0 Å². The topological polar surface area (TPSA) is 61.3 Å². The zero-order chi connectivity index (χ0) is 17.0. The van der Waals surface area contributed by atoms with Crippen LogP contribution in [0.1, 0.15) is 64.2 Å². The maximum atomic E-state index is 6.66. The zero-order valence-corrected chi connectivity index (χ0v) is 14.8. The number of nitrogens with two attached hydrogens (primary N) is 2. The highest BCUT2D eigenvalue weighted by atomic mass is 16.5. The normalized spacial score (nSPS) is 26.7. The van der Waals surface area contributed by atoms with E-state index in [0.29, 0.717) is 11.6 Å². The SMILES string of the molecule is C=CCC1CCC(C2(Oc3cc(N)ccc3N)CCCCC2)CC1. The molecule has 0 radical (unpaired) electrons. The van der Waals surface area contributed by atoms with Crippen LogP contribution in [0, 0.1) is 11.8 Å². The van der Waals surface area contributed by atoms with Gasteiger partial charge in [0.15, 0.2) is 0 Å². The standard InChI is InChI=1S/C21H32N2O/c1-2-6-16-7-9-17(10-8-16)21(13-4-3-5-14-21)24-20-15-18(22)11-12-19(20)23/h2,11-12,15-17H,1,3-10,13-14,22-23H2. The monoisotopic (exact) mass is 328 g/mol. The van der Waals surface area contributed by atoms with Crippen LogP contribution in [0.2, 0.25) is 0 Å². The van der Waals surface area contributed by atoms with Crippen molar-refractivity contribution < 1.29 is 4.74 Å². The summed E-state index contributed by atoms with van der Waals surface area (Å²) < 4.78 is 6.66. The van der Waals surface area contributed by atoms with Crippen molar-refractivity contribution >= 4 is 11.4 Å². The van der Waals surface area contributed by atoms with Crippen LogP contribution in [-0.2, 0) is 0 Å². The van der Waals surface area contributed by atoms with E-state index in [2.05, 4.69) is 12.7 Å². The lowest BCUT2D eigenvalue weighted by Crippen LogP contribution is -2.47. The Kier molecular flexibility index (Phi) is 5.37. The van der Waals surface area contributed by atoms with E-state index in [4.69, 9.17) is 16.2 Å². The fraction of sp³-hybridized carbons (Fsp3) is 0.619. The second-order valence-electron chi connectivity index (χ2n) is 7.77. The largest absolute Gasteiger partial charge is 0.485 e. The molecule has 0 aliphatic heterocycles. The predicted octanol–water partition coefficient (Wildman–Crippen LogP) is 5.32. The summed E-state index contributed by atoms with van der Waals surface area (Å²) in [5.74, 6) is 2.24. The molecule has 0 atom stereocenters. The van der Waals surface area contributed by atoms with Gasteiger partial charge in [-0.2, -0.15) is 0 Å². The Balaban J connectivity index is 1.78. The van der Waals surface area contributed by atoms with E-state index >= 15 is 0 Å². The third kappa shape index (κ3) is 3.71. The summed E-state index contributed by atoms with van der Waals surface area (Å²) in [5, 5.41) is 0. The quantitative estimate of drug-likeness (QED) is 0.568. The summed E-state index contributed by atoms with van der Waals surface area (Å²) >= 11 is 0. The molecule has 4 N–H and O–H groups in total. The number of hydrogen-bond acceptors (Lipinski definition) is 3. The van der Waals surface area contributed by atoms with Crippen molar-refractivity contribution in [3.05, 3.63) is 30.9 Å². The number of benzene rings is 1. The average Bonchev–Trinajstić information content (AvgIpc) is 2.60. The molecule has 0 saturated heterocycles. The summed E-state index contributed by atoms with van der Waals surface area (Å²) in [6, 6.07) is 5.60. The van der Waals surface area contributed by atoms with Crippen LogP contribution in [-0.4, -0.2) is 5.60 Å². The lowest BCUT2D eigenvalue weighted by atomic mass is 9.67. The Morgan fingerprint density at radius 3 is 2.46 bits per heavy atom. The second-order valence-corrected chi connectivity index (χ2v) is 7.77. The molecule has 1 aromatic rings. The third-order valence-corrected chi connectivity index (χ3v) is 6.14. The molecule has 3 heteroatoms. The van der Waals surface area contributed by atoms with E-state index in [1.165, 1.54) is 44.9 Å². The molecule has 0 amide bonds. The van der Waals surface area contributed by atoms with Crippen molar-refractivity contribution in [2.45, 2.75) is 69.8 Å². The highest BCUT2D eigenvalue weighted by Gasteiger charge is 2.43. The first-order valence-corrected chi connectivity index (χ1v) is 9.58. The van der Waals surface area contributed by atoms with Gasteiger partial charge >= 0.3 is 0 Å². The molecule has 0 bridgehead atoms. The Hall–Kier alpha value is -1.64. The average molecular weight is 329 g/mol. The summed E-state index contributed by atoms with van der Waals surface area (Å²) in [5.41, 5.74) is 13.5. The molecule has 3 nitrogen and oxygen atoms in total. The highest BCUT2D eigenvalue weighted by molar-refractivity contribution is 5.59. The minimum Gasteiger partial charge on any atom is -0.485 e. The number of hydrogen-bond donors (Lipinski definition) is 2. The Bertz CT molecular complexity index is 555. The van der Waals surface area contributed by atoms with Gasteiger partial charge in [0.25, 0.3) is 0 Å². The van der Waals surface area contributed by atoms with Gasteiger partial charge in [0.2, 0.25) is 0 Å². The van der Waals surface area contributed by atoms with Crippen molar-refractivity contribution in [3.8, 4) is 5.75 Å². The molecule has 1 aromatic carbocycles. The molecule has 2 aliphatic rings. The molecule has 2 aliphatic carbocycles. The Morgan fingerprint density at radius 2 is 1.79 bits per heavy atom. The second kappa shape index (κ2) is 7.50. The van der Waals surface area contributed by atoms with Gasteiger partial charge in [-0.25, -0.2) is 0 Å². The fourth-order valence-corrected chi connectivity index (χ4v) is 4.76. The summed E-state index contributed by atoms with van der Waals surface area (Å²) in [6.45, 7) is 3.90. The van der Waals surface area contributed by atoms with Crippen LogP contribution in [0.25, 0.3) is 0 Å². The molecular weight excluding hydrogens is 296 g/mol. The minimum atomic E-state index is -0.0423. The molecule has 3 rings (SSSR count). The van der Waals surface area contributed by atoms with Gasteiger partial charge in [-0.15, -0.1) is 6.58 Å². The highest BCUT2D eigenvalue weighted by Crippen LogP contribution is 2.47. The molecule has 24 heavy (non-hydrogen) atoms. The molecule has 132 valence electrons. The lowest BCUT2D eigenvalue weighted by molar-refractivity contribution is -0.0423. The first-order valence-electron chi connectivity index (χ1n) is 9.58. The van der Waals surface area contributed by atoms with Gasteiger partial charge in [-0.1, -0.05) is 12.5 Å². The van der Waals surface area contributed by atoms with Crippen molar-refractivity contribution in [3.63, 3.8) is 0 Å². The smallest absolute Gasteiger partial charge is 0.145 e. The predicted molar refractivity (Wildman–Crippen MR) is 102 cm³/mol. The van der Waals surface area contributed by atoms with Crippen LogP contribution >= 0.6 is 0 Å². The molecule has 0 aromatic heterocycles. The number of allylic oxidation sites excluding steroid dienone is 1. The van der Waals surface area contributed by atoms with Gasteiger partial charge in [0.1, 0.15) is 11.4 Å². The van der Waals surface area contributed by atoms with Crippen molar-refractivity contribution in [2.24, 2.45) is 11.8 Å². The van der Waals surface area contributed by atoms with Gasteiger partial charge in [-0.05, 0) is 81.8 Å². The van der Waals surface area contributed by atoms with Crippen molar-refractivity contribution in [1.29, 1.82) is 0 Å². The molecular formula is C21H32N2O. The molecule has 0 unspecified atom stereocenters. The Labute approximate surface area is 146 Å². The van der Waals surface area contributed by atoms with Gasteiger partial charge in [0, 0.05) is 11.8 Å². The van der Waals surface area contributed by atoms with Gasteiger partial charge < -0.3 is 16.2 Å². The molecule has 2 fully saturated rings. The van der Waals surface area contributed by atoms with E-state index in [9.17, 15) is 0 Å². The van der Waals surface area contributed by atoms with E-state index in [1.807, 2.05) is 18.2 Å². The summed E-state index contributed by atoms with van der Waals surface area (Å²) in [4.78, 5) is 0. The fourth-order valence-electron chi connectivity index (χ4n) is 4.76. The van der Waals surface area contributed by atoms with E-state index in [1.54, 1.807) is 0 Å². The van der Waals surface area contributed by atoms with Crippen LogP contribution in [0.15, 0.2) is 30.9 Å². The number of rotatable bonds is 5. The van der Waals surface area contributed by atoms with E-state index in [0.717, 1.165) is 36.6 Å².